The maximum Gasteiger partial charge on any atom is 0.243 e. The second-order valence-electron chi connectivity index (χ2n) is 6.58. The van der Waals surface area contributed by atoms with Crippen LogP contribution in [0.15, 0.2) is 47.4 Å². The van der Waals surface area contributed by atoms with Crippen LogP contribution in [-0.4, -0.2) is 65.7 Å². The summed E-state index contributed by atoms with van der Waals surface area (Å²) in [5.41, 5.74) is 0. The molecule has 0 saturated heterocycles. The van der Waals surface area contributed by atoms with Gasteiger partial charge in [0.05, 0.1) is 32.2 Å². The minimum atomic E-state index is -3.89. The number of hydrogen-bond donors (Lipinski definition) is 1. The summed E-state index contributed by atoms with van der Waals surface area (Å²) < 4.78 is 48.2. The molecular formula is C20H24N2O7S. The smallest absolute Gasteiger partial charge is 0.243 e. The zero-order chi connectivity index (χ0) is 21.7. The molecule has 0 fully saturated rings. The molecule has 0 aliphatic carbocycles. The summed E-state index contributed by atoms with van der Waals surface area (Å²) in [5.74, 6) is 1.50. The Bertz CT molecular complexity index is 1010. The fourth-order valence-electron chi connectivity index (χ4n) is 2.89. The van der Waals surface area contributed by atoms with Crippen molar-refractivity contribution in [3.05, 3.63) is 42.5 Å². The fraction of sp³-hybridized carbons (Fsp3) is 0.350. The summed E-state index contributed by atoms with van der Waals surface area (Å²) in [7, 11) is 0.320. The number of nitrogens with zero attached hydrogens (tertiary/aromatic N) is 1. The lowest BCUT2D eigenvalue weighted by molar-refractivity contribution is -0.121. The monoisotopic (exact) mass is 436 g/mol. The van der Waals surface area contributed by atoms with E-state index < -0.39 is 15.9 Å². The van der Waals surface area contributed by atoms with Gasteiger partial charge in [0.1, 0.15) is 12.7 Å². The zero-order valence-electron chi connectivity index (χ0n) is 17.0. The van der Waals surface area contributed by atoms with E-state index in [0.29, 0.717) is 17.2 Å². The SMILES string of the molecule is COc1ccc(S(=O)(=O)N(C)CC(=O)NCC2COc3ccccc3O2)cc1OC. The molecule has 9 nitrogen and oxygen atoms in total. The predicted molar refractivity (Wildman–Crippen MR) is 109 cm³/mol. The average molecular weight is 436 g/mol. The van der Waals surface area contributed by atoms with Gasteiger partial charge in [0.25, 0.3) is 0 Å². The van der Waals surface area contributed by atoms with E-state index in [2.05, 4.69) is 5.32 Å². The van der Waals surface area contributed by atoms with E-state index >= 15 is 0 Å². The Balaban J connectivity index is 1.57. The number of rotatable bonds is 8. The second-order valence-corrected chi connectivity index (χ2v) is 8.62. The molecule has 1 aliphatic rings. The van der Waals surface area contributed by atoms with Crippen molar-refractivity contribution < 1.29 is 32.2 Å². The third-order valence-electron chi connectivity index (χ3n) is 4.52. The Hall–Kier alpha value is -2.98. The molecule has 3 rings (SSSR count). The minimum absolute atomic E-state index is 0.00364. The third kappa shape index (κ3) is 4.77. The first-order chi connectivity index (χ1) is 14.3. The molecule has 1 unspecified atom stereocenters. The lowest BCUT2D eigenvalue weighted by Gasteiger charge is -2.26. The molecule has 0 radical (unpaired) electrons. The van der Waals surface area contributed by atoms with Crippen LogP contribution >= 0.6 is 0 Å². The van der Waals surface area contributed by atoms with Crippen molar-refractivity contribution in [1.29, 1.82) is 0 Å². The fourth-order valence-corrected chi connectivity index (χ4v) is 4.03. The maximum atomic E-state index is 12.8. The Kier molecular flexibility index (Phi) is 6.68. The van der Waals surface area contributed by atoms with Crippen LogP contribution in [0.2, 0.25) is 0 Å². The van der Waals surface area contributed by atoms with Crippen LogP contribution in [0.3, 0.4) is 0 Å². The lowest BCUT2D eigenvalue weighted by Crippen LogP contribution is -2.44. The first-order valence-electron chi connectivity index (χ1n) is 9.18. The van der Waals surface area contributed by atoms with E-state index in [1.54, 1.807) is 12.1 Å². The molecule has 1 aliphatic heterocycles. The summed E-state index contributed by atoms with van der Waals surface area (Å²) >= 11 is 0. The third-order valence-corrected chi connectivity index (χ3v) is 6.32. The number of carbonyl (C=O) groups is 1. The van der Waals surface area contributed by atoms with E-state index in [0.717, 1.165) is 4.31 Å². The van der Waals surface area contributed by atoms with Gasteiger partial charge in [-0.3, -0.25) is 4.79 Å². The van der Waals surface area contributed by atoms with Gasteiger partial charge in [-0.15, -0.1) is 0 Å². The van der Waals surface area contributed by atoms with Gasteiger partial charge in [0, 0.05) is 13.1 Å². The van der Waals surface area contributed by atoms with E-state index in [9.17, 15) is 13.2 Å². The van der Waals surface area contributed by atoms with E-state index in [1.165, 1.54) is 39.5 Å². The van der Waals surface area contributed by atoms with E-state index in [1.807, 2.05) is 12.1 Å². The molecule has 10 heteroatoms. The van der Waals surface area contributed by atoms with Crippen LogP contribution < -0.4 is 24.3 Å². The highest BCUT2D eigenvalue weighted by Crippen LogP contribution is 2.31. The van der Waals surface area contributed by atoms with Crippen LogP contribution in [0.4, 0.5) is 0 Å². The molecule has 1 N–H and O–H groups in total. The molecule has 2 aromatic rings. The summed E-state index contributed by atoms with van der Waals surface area (Å²) in [5, 5.41) is 2.68. The molecule has 30 heavy (non-hydrogen) atoms. The highest BCUT2D eigenvalue weighted by Gasteiger charge is 2.26. The normalized spacial score (nSPS) is 15.5. The van der Waals surface area contributed by atoms with Crippen LogP contribution in [0.25, 0.3) is 0 Å². The zero-order valence-corrected chi connectivity index (χ0v) is 17.8. The van der Waals surface area contributed by atoms with Crippen molar-refractivity contribution in [1.82, 2.24) is 9.62 Å². The number of amides is 1. The molecular weight excluding hydrogens is 412 g/mol. The Morgan fingerprint density at radius 3 is 2.53 bits per heavy atom. The van der Waals surface area contributed by atoms with Crippen molar-refractivity contribution >= 4 is 15.9 Å². The van der Waals surface area contributed by atoms with Gasteiger partial charge in [-0.1, -0.05) is 12.1 Å². The molecule has 0 spiro atoms. The highest BCUT2D eigenvalue weighted by molar-refractivity contribution is 7.89. The van der Waals surface area contributed by atoms with Gasteiger partial charge in [0.2, 0.25) is 15.9 Å². The highest BCUT2D eigenvalue weighted by atomic mass is 32.2. The largest absolute Gasteiger partial charge is 0.493 e. The van der Waals surface area contributed by atoms with Crippen LogP contribution in [0.1, 0.15) is 0 Å². The summed E-state index contributed by atoms with van der Waals surface area (Å²) in [6.07, 6.45) is -0.364. The van der Waals surface area contributed by atoms with Crippen LogP contribution in [0, 0.1) is 0 Å². The number of sulfonamides is 1. The number of likely N-dealkylation sites (N-methyl/N-ethyl adjacent to an activating group) is 1. The molecule has 1 atom stereocenters. The molecule has 0 saturated carbocycles. The quantitative estimate of drug-likeness (QED) is 0.665. The van der Waals surface area contributed by atoms with Crippen LogP contribution in [0.5, 0.6) is 23.0 Å². The van der Waals surface area contributed by atoms with Crippen molar-refractivity contribution in [2.75, 3.05) is 41.0 Å². The molecule has 0 bridgehead atoms. The van der Waals surface area contributed by atoms with Crippen molar-refractivity contribution in [2.24, 2.45) is 0 Å². The summed E-state index contributed by atoms with van der Waals surface area (Å²) in [6, 6.07) is 11.5. The van der Waals surface area contributed by atoms with Gasteiger partial charge >= 0.3 is 0 Å². The predicted octanol–water partition coefficient (Wildman–Crippen LogP) is 1.28. The van der Waals surface area contributed by atoms with Crippen molar-refractivity contribution in [3.8, 4) is 23.0 Å². The van der Waals surface area contributed by atoms with Gasteiger partial charge in [-0.2, -0.15) is 4.31 Å². The van der Waals surface area contributed by atoms with Gasteiger partial charge < -0.3 is 24.3 Å². The number of nitrogens with one attached hydrogen (secondary N) is 1. The topological polar surface area (TPSA) is 103 Å². The first kappa shape index (κ1) is 21.7. The van der Waals surface area contributed by atoms with Gasteiger partial charge in [-0.25, -0.2) is 8.42 Å². The first-order valence-corrected chi connectivity index (χ1v) is 10.6. The summed E-state index contributed by atoms with van der Waals surface area (Å²) in [6.45, 7) is 0.134. The Morgan fingerprint density at radius 2 is 1.83 bits per heavy atom. The standard InChI is InChI=1S/C20H24N2O7S/c1-22(30(24,25)15-8-9-16(26-2)19(10-15)27-3)12-20(23)21-11-14-13-28-17-6-4-5-7-18(17)29-14/h4-10,14H,11-13H2,1-3H3,(H,21,23). The second kappa shape index (κ2) is 9.23. The number of hydrogen-bond acceptors (Lipinski definition) is 7. The number of benzene rings is 2. The van der Waals surface area contributed by atoms with Gasteiger partial charge in [-0.05, 0) is 24.3 Å². The lowest BCUT2D eigenvalue weighted by atomic mass is 10.2. The molecule has 0 aromatic heterocycles. The number of methoxy groups -OCH3 is 2. The maximum absolute atomic E-state index is 12.8. The molecule has 1 amide bonds. The number of carbonyl (C=O) groups excluding carboxylic acids is 1. The minimum Gasteiger partial charge on any atom is -0.493 e. The van der Waals surface area contributed by atoms with E-state index in [4.69, 9.17) is 18.9 Å². The molecule has 162 valence electrons. The molecule has 1 heterocycles. The average Bonchev–Trinajstić information content (AvgIpc) is 2.76. The molecule has 2 aromatic carbocycles. The number of para-hydroxylation sites is 2. The number of fused-ring (bicyclic) bond motifs is 1. The van der Waals surface area contributed by atoms with Gasteiger partial charge in [0.15, 0.2) is 23.0 Å². The Morgan fingerprint density at radius 1 is 1.13 bits per heavy atom. The Labute approximate surface area is 175 Å². The van der Waals surface area contributed by atoms with Crippen molar-refractivity contribution in [3.63, 3.8) is 0 Å². The van der Waals surface area contributed by atoms with Crippen LogP contribution in [-0.2, 0) is 14.8 Å². The van der Waals surface area contributed by atoms with E-state index in [-0.39, 0.29) is 36.4 Å². The number of ether oxygens (including phenoxy) is 4. The van der Waals surface area contributed by atoms with Crippen molar-refractivity contribution in [2.45, 2.75) is 11.0 Å². The summed E-state index contributed by atoms with van der Waals surface area (Å²) in [4.78, 5) is 12.3.